The fourth-order valence-electron chi connectivity index (χ4n) is 6.42. The van der Waals surface area contributed by atoms with Gasteiger partial charge < -0.3 is 19.9 Å². The highest BCUT2D eigenvalue weighted by molar-refractivity contribution is 6.00. The summed E-state index contributed by atoms with van der Waals surface area (Å²) in [4.78, 5) is 8.33. The zero-order chi connectivity index (χ0) is 27.4. The van der Waals surface area contributed by atoms with E-state index in [0.717, 1.165) is 62.4 Å². The summed E-state index contributed by atoms with van der Waals surface area (Å²) in [6.45, 7) is 12.1. The number of hydrogen-bond acceptors (Lipinski definition) is 5. The molecule has 2 fully saturated rings. The Morgan fingerprint density at radius 1 is 1.07 bits per heavy atom. The molecule has 2 N–H and O–H groups in total. The third-order valence-electron chi connectivity index (χ3n) is 8.51. The first kappa shape index (κ1) is 25.0. The molecular weight excluding hydrogens is 510 g/mol. The maximum absolute atomic E-state index is 15.5. The predicted octanol–water partition coefficient (Wildman–Crippen LogP) is 6.05. The number of nitrogens with one attached hydrogen (secondary N) is 2. The first-order chi connectivity index (χ1) is 19.5. The topological polar surface area (TPSA) is 60.8 Å². The summed E-state index contributed by atoms with van der Waals surface area (Å²) >= 11 is 0. The van der Waals surface area contributed by atoms with E-state index in [4.69, 9.17) is 11.3 Å². The number of hydrogen-bond donors (Lipinski definition) is 2. The van der Waals surface area contributed by atoms with Crippen molar-refractivity contribution in [2.75, 3.05) is 44.7 Å². The van der Waals surface area contributed by atoms with Crippen LogP contribution in [-0.4, -0.2) is 61.0 Å². The van der Waals surface area contributed by atoms with Crippen LogP contribution in [0.2, 0.25) is 0 Å². The summed E-state index contributed by atoms with van der Waals surface area (Å²) in [6, 6.07) is 12.4. The van der Waals surface area contributed by atoms with E-state index in [-0.39, 0.29) is 22.9 Å². The van der Waals surface area contributed by atoms with Gasteiger partial charge >= 0.3 is 0 Å². The van der Waals surface area contributed by atoms with Crippen LogP contribution < -0.4 is 15.0 Å². The standard InChI is InChI=1S/C31H30F2N6O/c1-34-26-15-27-22(14-21(26)30-23(32)11-19(12-24(30)33)25-5-3-4-8-35-25)31(37-36-27)18-6-7-28-29(13-18)40-17-20-16-38(2)9-10-39(20)28/h6-7,11-15,20,25,35H,3-5,8-10,16-17H2,2H3,(H,36,37). The Hall–Kier alpha value is -4.00. The summed E-state index contributed by atoms with van der Waals surface area (Å²) in [5.41, 5.74) is 3.98. The molecule has 2 atom stereocenters. The van der Waals surface area contributed by atoms with Crippen LogP contribution in [0.1, 0.15) is 30.9 Å². The van der Waals surface area contributed by atoms with Crippen LogP contribution in [0, 0.1) is 18.2 Å². The number of anilines is 1. The van der Waals surface area contributed by atoms with Gasteiger partial charge in [0.15, 0.2) is 5.69 Å². The largest absolute Gasteiger partial charge is 0.489 e. The molecule has 3 aliphatic heterocycles. The highest BCUT2D eigenvalue weighted by Crippen LogP contribution is 2.43. The molecule has 4 aromatic rings. The van der Waals surface area contributed by atoms with Crippen LogP contribution in [0.5, 0.6) is 5.75 Å². The van der Waals surface area contributed by atoms with Gasteiger partial charge in [-0.3, -0.25) is 5.10 Å². The molecule has 0 saturated carbocycles. The number of benzene rings is 3. The van der Waals surface area contributed by atoms with Crippen molar-refractivity contribution < 1.29 is 13.5 Å². The molecule has 0 spiro atoms. The number of nitrogens with zero attached hydrogens (tertiary/aromatic N) is 4. The zero-order valence-corrected chi connectivity index (χ0v) is 22.3. The Morgan fingerprint density at radius 3 is 2.70 bits per heavy atom. The van der Waals surface area contributed by atoms with Crippen LogP contribution in [0.4, 0.5) is 20.2 Å². The van der Waals surface area contributed by atoms with Gasteiger partial charge in [0.1, 0.15) is 24.0 Å². The van der Waals surface area contributed by atoms with Crippen molar-refractivity contribution in [3.05, 3.63) is 71.1 Å². The third kappa shape index (κ3) is 4.19. The molecule has 40 heavy (non-hydrogen) atoms. The number of likely N-dealkylation sites (N-methyl/N-ethyl adjacent to an activating group) is 1. The first-order valence-corrected chi connectivity index (χ1v) is 13.8. The van der Waals surface area contributed by atoms with Crippen molar-refractivity contribution in [3.8, 4) is 28.1 Å². The van der Waals surface area contributed by atoms with E-state index >= 15 is 8.78 Å². The molecule has 0 radical (unpaired) electrons. The monoisotopic (exact) mass is 540 g/mol. The summed E-state index contributed by atoms with van der Waals surface area (Å²) < 4.78 is 37.3. The molecular formula is C31H30F2N6O. The first-order valence-electron chi connectivity index (χ1n) is 13.8. The maximum Gasteiger partial charge on any atom is 0.197 e. The van der Waals surface area contributed by atoms with E-state index in [2.05, 4.69) is 43.3 Å². The van der Waals surface area contributed by atoms with Crippen molar-refractivity contribution in [1.82, 2.24) is 20.4 Å². The molecule has 0 bridgehead atoms. The number of aromatic nitrogens is 2. The van der Waals surface area contributed by atoms with Gasteiger partial charge in [0.2, 0.25) is 0 Å². The van der Waals surface area contributed by atoms with Gasteiger partial charge in [0.25, 0.3) is 0 Å². The maximum atomic E-state index is 15.5. The normalized spacial score (nSPS) is 21.0. The Bertz CT molecular complexity index is 1630. The van der Waals surface area contributed by atoms with Crippen LogP contribution in [-0.2, 0) is 0 Å². The molecule has 3 aromatic carbocycles. The van der Waals surface area contributed by atoms with Crippen molar-refractivity contribution in [2.45, 2.75) is 31.3 Å². The van der Waals surface area contributed by atoms with E-state index in [1.165, 1.54) is 12.1 Å². The van der Waals surface area contributed by atoms with Gasteiger partial charge in [-0.15, -0.1) is 0 Å². The fraction of sp³-hybridized carbons (Fsp3) is 0.355. The van der Waals surface area contributed by atoms with E-state index in [1.807, 2.05) is 12.1 Å². The molecule has 3 aliphatic rings. The minimum absolute atomic E-state index is 0.0672. The Labute approximate surface area is 231 Å². The highest BCUT2D eigenvalue weighted by Gasteiger charge is 2.32. The molecule has 9 heteroatoms. The summed E-state index contributed by atoms with van der Waals surface area (Å²) in [6.07, 6.45) is 2.93. The molecule has 2 unspecified atom stereocenters. The lowest BCUT2D eigenvalue weighted by Gasteiger charge is -2.44. The average Bonchev–Trinajstić information content (AvgIpc) is 3.39. The van der Waals surface area contributed by atoms with Gasteiger partial charge in [-0.2, -0.15) is 5.10 Å². The summed E-state index contributed by atoms with van der Waals surface area (Å²) in [5, 5.41) is 11.6. The lowest BCUT2D eigenvalue weighted by molar-refractivity contribution is 0.188. The van der Waals surface area contributed by atoms with Gasteiger partial charge in [-0.25, -0.2) is 13.6 Å². The molecule has 4 heterocycles. The molecule has 204 valence electrons. The van der Waals surface area contributed by atoms with Crippen molar-refractivity contribution in [1.29, 1.82) is 0 Å². The number of fused-ring (bicyclic) bond motifs is 4. The van der Waals surface area contributed by atoms with E-state index in [1.54, 1.807) is 12.1 Å². The molecule has 7 nitrogen and oxygen atoms in total. The zero-order valence-electron chi connectivity index (χ0n) is 22.3. The lowest BCUT2D eigenvalue weighted by atomic mass is 9.93. The second-order valence-electron chi connectivity index (χ2n) is 11.1. The van der Waals surface area contributed by atoms with Gasteiger partial charge in [0.05, 0.1) is 29.5 Å². The van der Waals surface area contributed by atoms with E-state index < -0.39 is 11.6 Å². The van der Waals surface area contributed by atoms with Gasteiger partial charge in [0, 0.05) is 42.2 Å². The van der Waals surface area contributed by atoms with Crippen molar-refractivity contribution in [3.63, 3.8) is 0 Å². The fourth-order valence-corrected chi connectivity index (χ4v) is 6.42. The minimum atomic E-state index is -0.666. The smallest absolute Gasteiger partial charge is 0.197 e. The quantitative estimate of drug-likeness (QED) is 0.310. The SMILES string of the molecule is [C-]#[N+]c1cc2[nH]nc(-c3ccc4c(c3)OCC3CN(C)CCN43)c2cc1-c1c(F)cc(C2CCCCN2)cc1F. The highest BCUT2D eigenvalue weighted by atomic mass is 19.1. The van der Waals surface area contributed by atoms with Crippen LogP contribution in [0.25, 0.3) is 38.1 Å². The molecule has 7 rings (SSSR count). The average molecular weight is 541 g/mol. The number of piperazine rings is 1. The van der Waals surface area contributed by atoms with Crippen LogP contribution in [0.3, 0.4) is 0 Å². The third-order valence-corrected chi connectivity index (χ3v) is 8.51. The lowest BCUT2D eigenvalue weighted by Crippen LogP contribution is -2.56. The number of ether oxygens (including phenoxy) is 1. The number of rotatable bonds is 3. The number of H-pyrrole nitrogens is 1. The van der Waals surface area contributed by atoms with Crippen molar-refractivity contribution in [2.24, 2.45) is 0 Å². The van der Waals surface area contributed by atoms with Gasteiger partial charge in [-0.1, -0.05) is 18.6 Å². The predicted molar refractivity (Wildman–Crippen MR) is 152 cm³/mol. The Balaban J connectivity index is 1.29. The van der Waals surface area contributed by atoms with Gasteiger partial charge in [-0.05, 0) is 67.9 Å². The molecule has 0 amide bonds. The minimum Gasteiger partial charge on any atom is -0.489 e. The summed E-state index contributed by atoms with van der Waals surface area (Å²) in [7, 11) is 2.13. The van der Waals surface area contributed by atoms with Crippen LogP contribution >= 0.6 is 0 Å². The second-order valence-corrected chi connectivity index (χ2v) is 11.1. The van der Waals surface area contributed by atoms with Crippen LogP contribution in [0.15, 0.2) is 42.5 Å². The number of halogens is 2. The molecule has 2 saturated heterocycles. The van der Waals surface area contributed by atoms with E-state index in [9.17, 15) is 0 Å². The molecule has 0 aliphatic carbocycles. The number of piperidine rings is 1. The molecule has 1 aromatic heterocycles. The number of aromatic amines is 1. The van der Waals surface area contributed by atoms with Crippen molar-refractivity contribution >= 4 is 22.3 Å². The second kappa shape index (κ2) is 9.88. The Morgan fingerprint density at radius 2 is 1.93 bits per heavy atom. The summed E-state index contributed by atoms with van der Waals surface area (Å²) in [5.74, 6) is -0.530. The van der Waals surface area contributed by atoms with E-state index in [0.29, 0.717) is 34.8 Å². The Kier molecular flexibility index (Phi) is 6.17.